The van der Waals surface area contributed by atoms with Crippen LogP contribution in [-0.2, 0) is 9.47 Å². The Labute approximate surface area is 124 Å². The molecule has 6 heteroatoms. The summed E-state index contributed by atoms with van der Waals surface area (Å²) in [6.07, 6.45) is 2.27. The standard InChI is InChI=1S/C14H24N2O3S/c1-5-18-14(17)12-11(4)16-20-13(12)15-8-6-7-9-19-10(2)3/h10,15H,5-9H2,1-4H3. The fourth-order valence-electron chi connectivity index (χ4n) is 1.68. The van der Waals surface area contributed by atoms with Crippen molar-refractivity contribution in [1.82, 2.24) is 4.37 Å². The Kier molecular flexibility index (Phi) is 7.54. The molecule has 114 valence electrons. The van der Waals surface area contributed by atoms with Crippen molar-refractivity contribution in [2.75, 3.05) is 25.1 Å². The van der Waals surface area contributed by atoms with Crippen LogP contribution in [0.3, 0.4) is 0 Å². The van der Waals surface area contributed by atoms with Crippen LogP contribution in [0.1, 0.15) is 49.7 Å². The first-order chi connectivity index (χ1) is 9.56. The van der Waals surface area contributed by atoms with Gasteiger partial charge in [-0.2, -0.15) is 4.37 Å². The summed E-state index contributed by atoms with van der Waals surface area (Å²) in [4.78, 5) is 11.8. The summed E-state index contributed by atoms with van der Waals surface area (Å²) >= 11 is 1.31. The van der Waals surface area contributed by atoms with Crippen LogP contribution >= 0.6 is 11.5 Å². The van der Waals surface area contributed by atoms with Crippen LogP contribution in [0.5, 0.6) is 0 Å². The smallest absolute Gasteiger partial charge is 0.343 e. The molecule has 0 unspecified atom stereocenters. The molecule has 1 aromatic rings. The molecule has 0 saturated heterocycles. The summed E-state index contributed by atoms with van der Waals surface area (Å²) in [5.74, 6) is -0.301. The van der Waals surface area contributed by atoms with Crippen molar-refractivity contribution in [3.8, 4) is 0 Å². The number of nitrogens with zero attached hydrogens (tertiary/aromatic N) is 1. The second-order valence-electron chi connectivity index (χ2n) is 4.75. The van der Waals surface area contributed by atoms with Crippen LogP contribution in [0.25, 0.3) is 0 Å². The van der Waals surface area contributed by atoms with E-state index in [1.807, 2.05) is 20.8 Å². The Balaban J connectivity index is 2.39. The third-order valence-corrected chi connectivity index (χ3v) is 3.55. The Hall–Kier alpha value is -1.14. The summed E-state index contributed by atoms with van der Waals surface area (Å²) in [6.45, 7) is 9.63. The number of aryl methyl sites for hydroxylation is 1. The SMILES string of the molecule is CCOC(=O)c1c(C)nsc1NCCCCOC(C)C. The van der Waals surface area contributed by atoms with Crippen LogP contribution < -0.4 is 5.32 Å². The second kappa shape index (κ2) is 8.92. The molecule has 1 rings (SSSR count). The van der Waals surface area contributed by atoms with Gasteiger partial charge < -0.3 is 14.8 Å². The van der Waals surface area contributed by atoms with E-state index in [0.717, 1.165) is 36.7 Å². The van der Waals surface area contributed by atoms with Gasteiger partial charge in [0.2, 0.25) is 0 Å². The Morgan fingerprint density at radius 3 is 2.80 bits per heavy atom. The fraction of sp³-hybridized carbons (Fsp3) is 0.714. The predicted molar refractivity (Wildman–Crippen MR) is 81.6 cm³/mol. The number of nitrogens with one attached hydrogen (secondary N) is 1. The number of carbonyl (C=O) groups excluding carboxylic acids is 1. The largest absolute Gasteiger partial charge is 0.462 e. The van der Waals surface area contributed by atoms with Crippen LogP contribution in [0.15, 0.2) is 0 Å². The van der Waals surface area contributed by atoms with E-state index in [4.69, 9.17) is 9.47 Å². The number of ether oxygens (including phenoxy) is 2. The van der Waals surface area contributed by atoms with Gasteiger partial charge in [-0.25, -0.2) is 4.79 Å². The molecule has 5 nitrogen and oxygen atoms in total. The Bertz CT molecular complexity index is 419. The van der Waals surface area contributed by atoms with Crippen LogP contribution in [0, 0.1) is 6.92 Å². The maximum absolute atomic E-state index is 11.8. The lowest BCUT2D eigenvalue weighted by Gasteiger charge is -2.08. The van der Waals surface area contributed by atoms with Gasteiger partial charge >= 0.3 is 5.97 Å². The molecule has 0 aliphatic rings. The minimum atomic E-state index is -0.301. The average Bonchev–Trinajstić information content (AvgIpc) is 2.75. The van der Waals surface area contributed by atoms with E-state index >= 15 is 0 Å². The molecule has 1 N–H and O–H groups in total. The lowest BCUT2D eigenvalue weighted by atomic mass is 10.2. The number of unbranched alkanes of at least 4 members (excludes halogenated alkanes) is 1. The van der Waals surface area contributed by atoms with Crippen molar-refractivity contribution in [3.05, 3.63) is 11.3 Å². The molecule has 20 heavy (non-hydrogen) atoms. The number of esters is 1. The lowest BCUT2D eigenvalue weighted by molar-refractivity contribution is 0.0526. The van der Waals surface area contributed by atoms with Crippen molar-refractivity contribution in [2.45, 2.75) is 46.6 Å². The quantitative estimate of drug-likeness (QED) is 0.560. The van der Waals surface area contributed by atoms with E-state index in [9.17, 15) is 4.79 Å². The number of carbonyl (C=O) groups is 1. The monoisotopic (exact) mass is 300 g/mol. The molecular formula is C14H24N2O3S. The molecular weight excluding hydrogens is 276 g/mol. The maximum Gasteiger partial charge on any atom is 0.343 e. The lowest BCUT2D eigenvalue weighted by Crippen LogP contribution is -2.10. The number of hydrogen-bond donors (Lipinski definition) is 1. The van der Waals surface area contributed by atoms with Gasteiger partial charge in [0.1, 0.15) is 10.6 Å². The predicted octanol–water partition coefficient (Wildman–Crippen LogP) is 3.25. The van der Waals surface area contributed by atoms with E-state index < -0.39 is 0 Å². The van der Waals surface area contributed by atoms with Gasteiger partial charge in [-0.15, -0.1) is 0 Å². The van der Waals surface area contributed by atoms with Gasteiger partial charge in [0.25, 0.3) is 0 Å². The van der Waals surface area contributed by atoms with Gasteiger partial charge in [0.05, 0.1) is 18.4 Å². The number of aromatic nitrogens is 1. The van der Waals surface area contributed by atoms with E-state index in [-0.39, 0.29) is 12.1 Å². The van der Waals surface area contributed by atoms with Crippen LogP contribution in [-0.4, -0.2) is 36.2 Å². The zero-order valence-corrected chi connectivity index (χ0v) is 13.5. The Morgan fingerprint density at radius 1 is 1.40 bits per heavy atom. The van der Waals surface area contributed by atoms with Crippen LogP contribution in [0.2, 0.25) is 0 Å². The molecule has 1 aromatic heterocycles. The highest BCUT2D eigenvalue weighted by Crippen LogP contribution is 2.25. The molecule has 0 aliphatic carbocycles. The molecule has 0 saturated carbocycles. The number of anilines is 1. The molecule has 0 amide bonds. The molecule has 0 radical (unpaired) electrons. The van der Waals surface area contributed by atoms with Gasteiger partial charge in [0, 0.05) is 13.2 Å². The highest BCUT2D eigenvalue weighted by molar-refractivity contribution is 7.10. The van der Waals surface area contributed by atoms with Crippen molar-refractivity contribution in [1.29, 1.82) is 0 Å². The normalized spacial score (nSPS) is 10.8. The van der Waals surface area contributed by atoms with Crippen LogP contribution in [0.4, 0.5) is 5.00 Å². The molecule has 0 bridgehead atoms. The summed E-state index contributed by atoms with van der Waals surface area (Å²) < 4.78 is 14.7. The molecule has 0 fully saturated rings. The third kappa shape index (κ3) is 5.46. The molecule has 0 spiro atoms. The summed E-state index contributed by atoms with van der Waals surface area (Å²) in [7, 11) is 0. The van der Waals surface area contributed by atoms with E-state index in [1.54, 1.807) is 6.92 Å². The first kappa shape index (κ1) is 16.9. The number of rotatable bonds is 9. The molecule has 0 atom stereocenters. The van der Waals surface area contributed by atoms with Crippen molar-refractivity contribution >= 4 is 22.5 Å². The second-order valence-corrected chi connectivity index (χ2v) is 5.52. The van der Waals surface area contributed by atoms with Crippen molar-refractivity contribution in [2.24, 2.45) is 0 Å². The van der Waals surface area contributed by atoms with E-state index in [0.29, 0.717) is 12.2 Å². The zero-order valence-electron chi connectivity index (χ0n) is 12.7. The molecule has 0 aliphatic heterocycles. The highest BCUT2D eigenvalue weighted by Gasteiger charge is 2.19. The first-order valence-corrected chi connectivity index (χ1v) is 7.82. The number of hydrogen-bond acceptors (Lipinski definition) is 6. The van der Waals surface area contributed by atoms with Gasteiger partial charge in [-0.3, -0.25) is 0 Å². The minimum Gasteiger partial charge on any atom is -0.462 e. The Morgan fingerprint density at radius 2 is 2.15 bits per heavy atom. The summed E-state index contributed by atoms with van der Waals surface area (Å²) in [6, 6.07) is 0. The van der Waals surface area contributed by atoms with Crippen molar-refractivity contribution < 1.29 is 14.3 Å². The maximum atomic E-state index is 11.8. The zero-order chi connectivity index (χ0) is 15.0. The minimum absolute atomic E-state index is 0.280. The van der Waals surface area contributed by atoms with Gasteiger partial charge in [-0.1, -0.05) is 0 Å². The van der Waals surface area contributed by atoms with Crippen molar-refractivity contribution in [3.63, 3.8) is 0 Å². The van der Waals surface area contributed by atoms with Gasteiger partial charge in [-0.05, 0) is 52.1 Å². The van der Waals surface area contributed by atoms with E-state index in [1.165, 1.54) is 11.5 Å². The third-order valence-electron chi connectivity index (χ3n) is 2.65. The van der Waals surface area contributed by atoms with Gasteiger partial charge in [0.15, 0.2) is 0 Å². The average molecular weight is 300 g/mol. The molecule has 1 heterocycles. The first-order valence-electron chi connectivity index (χ1n) is 7.05. The summed E-state index contributed by atoms with van der Waals surface area (Å²) in [5.41, 5.74) is 1.29. The summed E-state index contributed by atoms with van der Waals surface area (Å²) in [5, 5.41) is 4.06. The highest BCUT2D eigenvalue weighted by atomic mass is 32.1. The fourth-order valence-corrected chi connectivity index (χ4v) is 2.49. The van der Waals surface area contributed by atoms with E-state index in [2.05, 4.69) is 9.69 Å². The molecule has 0 aromatic carbocycles. The topological polar surface area (TPSA) is 60.5 Å².